The summed E-state index contributed by atoms with van der Waals surface area (Å²) in [6.07, 6.45) is -3.29. The third kappa shape index (κ3) is 6.21. The molecule has 0 bridgehead atoms. The van der Waals surface area contributed by atoms with Crippen molar-refractivity contribution in [3.05, 3.63) is 0 Å². The summed E-state index contributed by atoms with van der Waals surface area (Å²) in [5.74, 6) is -2.84. The average Bonchev–Trinajstić information content (AvgIpc) is 2.42. The molecule has 1 saturated carbocycles. The molecule has 1 N–H and O–H groups in total. The van der Waals surface area contributed by atoms with E-state index in [0.29, 0.717) is 12.8 Å². The number of rotatable bonds is 7. The fourth-order valence-electron chi connectivity index (χ4n) is 2.73. The molecule has 0 aromatic rings. The van der Waals surface area contributed by atoms with E-state index < -0.39 is 24.6 Å². The Morgan fingerprint density at radius 3 is 2.27 bits per heavy atom. The molecule has 0 unspecified atom stereocenters. The second kappa shape index (κ2) is 8.36. The monoisotopic (exact) mass is 325 g/mol. The van der Waals surface area contributed by atoms with Gasteiger partial charge in [-0.15, -0.1) is 0 Å². The first kappa shape index (κ1) is 18.7. The van der Waals surface area contributed by atoms with Crippen molar-refractivity contribution in [1.82, 2.24) is 4.90 Å². The molecular weight excluding hydrogens is 303 g/mol. The van der Waals surface area contributed by atoms with Gasteiger partial charge >= 0.3 is 12.1 Å². The van der Waals surface area contributed by atoms with E-state index >= 15 is 0 Å². The highest BCUT2D eigenvalue weighted by atomic mass is 19.4. The number of methoxy groups -OCH3 is 1. The first-order valence-electron chi connectivity index (χ1n) is 7.29. The van der Waals surface area contributed by atoms with E-state index in [0.717, 1.165) is 0 Å². The van der Waals surface area contributed by atoms with Crippen LogP contribution in [0, 0.1) is 11.8 Å². The average molecular weight is 325 g/mol. The largest absolute Gasteiger partial charge is 0.480 e. The number of hydrogen-bond acceptors (Lipinski definition) is 3. The van der Waals surface area contributed by atoms with Gasteiger partial charge in [-0.3, -0.25) is 9.59 Å². The molecule has 5 nitrogen and oxygen atoms in total. The summed E-state index contributed by atoms with van der Waals surface area (Å²) in [5.41, 5.74) is 0. The van der Waals surface area contributed by atoms with Gasteiger partial charge in [0.1, 0.15) is 6.54 Å². The third-order valence-electron chi connectivity index (χ3n) is 4.02. The van der Waals surface area contributed by atoms with Crippen molar-refractivity contribution in [2.45, 2.75) is 38.3 Å². The Hall–Kier alpha value is -1.31. The van der Waals surface area contributed by atoms with Crippen LogP contribution in [-0.2, 0) is 14.3 Å². The number of halogens is 3. The molecular formula is C14H22F3NO4. The second-order valence-electron chi connectivity index (χ2n) is 5.67. The van der Waals surface area contributed by atoms with Gasteiger partial charge in [0.15, 0.2) is 0 Å². The summed E-state index contributed by atoms with van der Waals surface area (Å²) in [5, 5.41) is 8.80. The molecule has 0 spiro atoms. The number of amides is 1. The topological polar surface area (TPSA) is 66.8 Å². The Labute approximate surface area is 127 Å². The number of carbonyl (C=O) groups is 2. The highest BCUT2D eigenvalue weighted by molar-refractivity contribution is 5.81. The van der Waals surface area contributed by atoms with Crippen LogP contribution in [-0.4, -0.2) is 54.9 Å². The van der Waals surface area contributed by atoms with Crippen LogP contribution in [0.15, 0.2) is 0 Å². The highest BCUT2D eigenvalue weighted by Gasteiger charge is 2.41. The zero-order valence-electron chi connectivity index (χ0n) is 12.6. The Bertz CT molecular complexity index is 379. The molecule has 8 heteroatoms. The number of carboxylic acids is 1. The summed E-state index contributed by atoms with van der Waals surface area (Å²) in [7, 11) is 1.45. The summed E-state index contributed by atoms with van der Waals surface area (Å²) in [4.78, 5) is 24.1. The van der Waals surface area contributed by atoms with Crippen molar-refractivity contribution >= 4 is 11.9 Å². The van der Waals surface area contributed by atoms with E-state index in [9.17, 15) is 22.8 Å². The Morgan fingerprint density at radius 2 is 1.82 bits per heavy atom. The van der Waals surface area contributed by atoms with Crippen LogP contribution >= 0.6 is 0 Å². The predicted molar refractivity (Wildman–Crippen MR) is 72.2 cm³/mol. The molecule has 128 valence electrons. The molecule has 0 saturated heterocycles. The molecule has 1 amide bonds. The summed E-state index contributed by atoms with van der Waals surface area (Å²) >= 11 is 0. The minimum atomic E-state index is -4.16. The van der Waals surface area contributed by atoms with Crippen molar-refractivity contribution in [2.24, 2.45) is 11.8 Å². The van der Waals surface area contributed by atoms with Gasteiger partial charge in [-0.1, -0.05) is 0 Å². The van der Waals surface area contributed by atoms with E-state index in [-0.39, 0.29) is 44.2 Å². The molecule has 1 aliphatic carbocycles. The minimum absolute atomic E-state index is 0.0401. The van der Waals surface area contributed by atoms with Gasteiger partial charge in [0.2, 0.25) is 5.91 Å². The molecule has 0 radical (unpaired) electrons. The van der Waals surface area contributed by atoms with Crippen molar-refractivity contribution in [2.75, 3.05) is 26.8 Å². The van der Waals surface area contributed by atoms with Gasteiger partial charge in [-0.05, 0) is 31.6 Å². The summed E-state index contributed by atoms with van der Waals surface area (Å²) in [6, 6.07) is 0. The lowest BCUT2D eigenvalue weighted by molar-refractivity contribution is -0.184. The van der Waals surface area contributed by atoms with Gasteiger partial charge in [-0.2, -0.15) is 13.2 Å². The van der Waals surface area contributed by atoms with Crippen LogP contribution in [0.2, 0.25) is 0 Å². The Balaban J connectivity index is 2.47. The van der Waals surface area contributed by atoms with Crippen molar-refractivity contribution in [3.63, 3.8) is 0 Å². The predicted octanol–water partition coefficient (Wildman–Crippen LogP) is 2.30. The van der Waals surface area contributed by atoms with Gasteiger partial charge < -0.3 is 14.7 Å². The maximum Gasteiger partial charge on any atom is 0.391 e. The molecule has 1 fully saturated rings. The number of nitrogens with zero attached hydrogens (tertiary/aromatic N) is 1. The number of aliphatic carboxylic acids is 1. The molecule has 0 atom stereocenters. The normalized spacial score (nSPS) is 22.4. The minimum Gasteiger partial charge on any atom is -0.480 e. The first-order chi connectivity index (χ1) is 10.2. The first-order valence-corrected chi connectivity index (χ1v) is 7.29. The summed E-state index contributed by atoms with van der Waals surface area (Å²) in [6.45, 7) is -0.0283. The number of ether oxygens (including phenoxy) is 1. The van der Waals surface area contributed by atoms with Crippen LogP contribution in [0.1, 0.15) is 32.1 Å². The highest BCUT2D eigenvalue weighted by Crippen LogP contribution is 2.40. The van der Waals surface area contributed by atoms with Crippen molar-refractivity contribution < 1.29 is 32.6 Å². The van der Waals surface area contributed by atoms with Crippen LogP contribution < -0.4 is 0 Å². The quantitative estimate of drug-likeness (QED) is 0.780. The van der Waals surface area contributed by atoms with Gasteiger partial charge in [-0.25, -0.2) is 0 Å². The molecule has 0 heterocycles. The fourth-order valence-corrected chi connectivity index (χ4v) is 2.73. The third-order valence-corrected chi connectivity index (χ3v) is 4.02. The molecule has 0 aromatic carbocycles. The van der Waals surface area contributed by atoms with E-state index in [4.69, 9.17) is 9.84 Å². The maximum absolute atomic E-state index is 12.6. The maximum atomic E-state index is 12.6. The Morgan fingerprint density at radius 1 is 1.23 bits per heavy atom. The van der Waals surface area contributed by atoms with Crippen LogP contribution in [0.5, 0.6) is 0 Å². The molecule has 22 heavy (non-hydrogen) atoms. The summed E-state index contributed by atoms with van der Waals surface area (Å²) < 4.78 is 42.6. The van der Waals surface area contributed by atoms with Crippen molar-refractivity contribution in [1.29, 1.82) is 0 Å². The van der Waals surface area contributed by atoms with Gasteiger partial charge in [0.25, 0.3) is 0 Å². The van der Waals surface area contributed by atoms with E-state index in [1.54, 1.807) is 0 Å². The molecule has 1 aliphatic rings. The van der Waals surface area contributed by atoms with E-state index in [2.05, 4.69) is 0 Å². The standard InChI is InChI=1S/C14H22F3NO4/c1-22-7-6-18(9-13(20)21)12(19)8-10-2-4-11(5-3-10)14(15,16)17/h10-11H,2-9H2,1H3,(H,20,21). The number of alkyl halides is 3. The lowest BCUT2D eigenvalue weighted by Gasteiger charge is -2.30. The van der Waals surface area contributed by atoms with E-state index in [1.807, 2.05) is 0 Å². The van der Waals surface area contributed by atoms with E-state index in [1.165, 1.54) is 12.0 Å². The van der Waals surface area contributed by atoms with Gasteiger partial charge in [0, 0.05) is 20.1 Å². The van der Waals surface area contributed by atoms with Crippen molar-refractivity contribution in [3.8, 4) is 0 Å². The van der Waals surface area contributed by atoms with Crippen LogP contribution in [0.25, 0.3) is 0 Å². The fraction of sp³-hybridized carbons (Fsp3) is 0.857. The number of carboxylic acid groups (broad SMARTS) is 1. The molecule has 1 rings (SSSR count). The van der Waals surface area contributed by atoms with Crippen LogP contribution in [0.3, 0.4) is 0 Å². The smallest absolute Gasteiger partial charge is 0.391 e. The lowest BCUT2D eigenvalue weighted by atomic mass is 9.80. The lowest BCUT2D eigenvalue weighted by Crippen LogP contribution is -2.39. The second-order valence-corrected chi connectivity index (χ2v) is 5.67. The SMILES string of the molecule is COCCN(CC(=O)O)C(=O)CC1CCC(C(F)(F)F)CC1. The molecule has 0 aliphatic heterocycles. The molecule has 0 aromatic heterocycles. The Kier molecular flexibility index (Phi) is 7.12. The zero-order valence-corrected chi connectivity index (χ0v) is 12.6. The van der Waals surface area contributed by atoms with Crippen LogP contribution in [0.4, 0.5) is 13.2 Å². The number of carbonyl (C=O) groups excluding carboxylic acids is 1. The zero-order chi connectivity index (χ0) is 16.8. The van der Waals surface area contributed by atoms with Gasteiger partial charge in [0.05, 0.1) is 12.5 Å². The number of hydrogen-bond donors (Lipinski definition) is 1.